The van der Waals surface area contributed by atoms with Crippen LogP contribution in [0.5, 0.6) is 0 Å². The van der Waals surface area contributed by atoms with E-state index in [1.54, 1.807) is 12.3 Å². The summed E-state index contributed by atoms with van der Waals surface area (Å²) in [6.07, 6.45) is -2.47. The molecule has 0 aliphatic heterocycles. The Morgan fingerprint density at radius 2 is 1.95 bits per heavy atom. The van der Waals surface area contributed by atoms with Crippen LogP contribution in [0.2, 0.25) is 0 Å². The molecular weight excluding hydrogens is 274 g/mol. The minimum atomic E-state index is -4.67. The van der Waals surface area contributed by atoms with E-state index in [0.29, 0.717) is 18.5 Å². The predicted molar refractivity (Wildman–Crippen MR) is 65.5 cm³/mol. The van der Waals surface area contributed by atoms with Crippen molar-refractivity contribution >= 4 is 0 Å². The smallest absolute Gasteiger partial charge is 0.419 e. The summed E-state index contributed by atoms with van der Waals surface area (Å²) < 4.78 is 55.8. The summed E-state index contributed by atoms with van der Waals surface area (Å²) in [5.74, 6) is -0.454. The molecule has 0 aliphatic rings. The maximum atomic E-state index is 13.1. The molecule has 1 aromatic carbocycles. The monoisotopic (exact) mass is 287 g/mol. The zero-order valence-electron chi connectivity index (χ0n) is 10.5. The Kier molecular flexibility index (Phi) is 4.44. The molecule has 0 fully saturated rings. The standard InChI is InChI=1S/C14H13F4NO/c15-13-4-3-10(8-12(13)14(16,17)18)9-19-6-5-11-2-1-7-20-11/h1-4,7-8,19H,5-6,9H2. The first-order valence-electron chi connectivity index (χ1n) is 6.05. The molecule has 0 radical (unpaired) electrons. The number of halogens is 4. The summed E-state index contributed by atoms with van der Waals surface area (Å²) in [5, 5.41) is 2.99. The Labute approximate surface area is 113 Å². The van der Waals surface area contributed by atoms with E-state index in [9.17, 15) is 17.6 Å². The van der Waals surface area contributed by atoms with Gasteiger partial charge in [-0.15, -0.1) is 0 Å². The van der Waals surface area contributed by atoms with Crippen molar-refractivity contribution in [3.8, 4) is 0 Å². The SMILES string of the molecule is Fc1ccc(CNCCc2ccco2)cc1C(F)(F)F. The van der Waals surface area contributed by atoms with Gasteiger partial charge in [0.05, 0.1) is 11.8 Å². The van der Waals surface area contributed by atoms with Crippen molar-refractivity contribution in [2.45, 2.75) is 19.1 Å². The Balaban J connectivity index is 1.90. The quantitative estimate of drug-likeness (QED) is 0.669. The maximum absolute atomic E-state index is 13.1. The fraction of sp³-hybridized carbons (Fsp3) is 0.286. The molecule has 2 rings (SSSR count). The Bertz CT molecular complexity index is 549. The highest BCUT2D eigenvalue weighted by Gasteiger charge is 2.34. The van der Waals surface area contributed by atoms with Crippen molar-refractivity contribution in [3.63, 3.8) is 0 Å². The van der Waals surface area contributed by atoms with E-state index < -0.39 is 17.6 Å². The van der Waals surface area contributed by atoms with Crippen molar-refractivity contribution in [2.75, 3.05) is 6.54 Å². The zero-order valence-corrected chi connectivity index (χ0v) is 10.5. The lowest BCUT2D eigenvalue weighted by Crippen LogP contribution is -2.17. The second-order valence-corrected chi connectivity index (χ2v) is 4.32. The van der Waals surface area contributed by atoms with Crippen LogP contribution in [0.25, 0.3) is 0 Å². The molecule has 0 aliphatic carbocycles. The molecule has 0 unspecified atom stereocenters. The second-order valence-electron chi connectivity index (χ2n) is 4.32. The van der Waals surface area contributed by atoms with Gasteiger partial charge in [-0.1, -0.05) is 6.07 Å². The Morgan fingerprint density at radius 1 is 1.15 bits per heavy atom. The molecule has 6 heteroatoms. The molecule has 2 aromatic rings. The first-order valence-corrected chi connectivity index (χ1v) is 6.05. The molecule has 2 nitrogen and oxygen atoms in total. The average molecular weight is 287 g/mol. The maximum Gasteiger partial charge on any atom is 0.419 e. The number of hydrogen-bond donors (Lipinski definition) is 1. The lowest BCUT2D eigenvalue weighted by atomic mass is 10.1. The molecular formula is C14H13F4NO. The van der Waals surface area contributed by atoms with E-state index in [0.717, 1.165) is 17.9 Å². The number of rotatable bonds is 5. The van der Waals surface area contributed by atoms with Crippen molar-refractivity contribution in [1.82, 2.24) is 5.32 Å². The van der Waals surface area contributed by atoms with Gasteiger partial charge in [-0.05, 0) is 29.8 Å². The summed E-state index contributed by atoms with van der Waals surface area (Å²) in [6, 6.07) is 6.60. The van der Waals surface area contributed by atoms with Gasteiger partial charge in [0.15, 0.2) is 0 Å². The van der Waals surface area contributed by atoms with E-state index in [1.807, 2.05) is 6.07 Å². The molecule has 0 saturated heterocycles. The van der Waals surface area contributed by atoms with Crippen LogP contribution in [0.1, 0.15) is 16.9 Å². The highest BCUT2D eigenvalue weighted by Crippen LogP contribution is 2.31. The molecule has 0 bridgehead atoms. The van der Waals surface area contributed by atoms with Crippen LogP contribution in [0.3, 0.4) is 0 Å². The third-order valence-electron chi connectivity index (χ3n) is 2.79. The van der Waals surface area contributed by atoms with Crippen LogP contribution in [0.4, 0.5) is 17.6 Å². The van der Waals surface area contributed by atoms with Crippen molar-refractivity contribution in [1.29, 1.82) is 0 Å². The minimum Gasteiger partial charge on any atom is -0.469 e. The summed E-state index contributed by atoms with van der Waals surface area (Å²) in [5.41, 5.74) is -0.846. The van der Waals surface area contributed by atoms with E-state index in [2.05, 4.69) is 5.32 Å². The van der Waals surface area contributed by atoms with Crippen LogP contribution in [-0.2, 0) is 19.1 Å². The average Bonchev–Trinajstić information content (AvgIpc) is 2.88. The molecule has 0 saturated carbocycles. The minimum absolute atomic E-state index is 0.240. The first-order chi connectivity index (χ1) is 9.47. The largest absolute Gasteiger partial charge is 0.469 e. The molecule has 20 heavy (non-hydrogen) atoms. The predicted octanol–water partition coefficient (Wildman–Crippen LogP) is 3.77. The number of furan rings is 1. The van der Waals surface area contributed by atoms with E-state index in [-0.39, 0.29) is 6.54 Å². The molecule has 0 atom stereocenters. The van der Waals surface area contributed by atoms with E-state index in [1.165, 1.54) is 6.07 Å². The Morgan fingerprint density at radius 3 is 2.60 bits per heavy atom. The molecule has 0 spiro atoms. The number of nitrogens with one attached hydrogen (secondary N) is 1. The molecule has 108 valence electrons. The highest BCUT2D eigenvalue weighted by atomic mass is 19.4. The van der Waals surface area contributed by atoms with Crippen LogP contribution in [0.15, 0.2) is 41.0 Å². The summed E-state index contributed by atoms with van der Waals surface area (Å²) >= 11 is 0. The molecule has 0 amide bonds. The van der Waals surface area contributed by atoms with Gasteiger partial charge in [-0.25, -0.2) is 4.39 Å². The van der Waals surface area contributed by atoms with Gasteiger partial charge in [0.25, 0.3) is 0 Å². The molecule has 1 aromatic heterocycles. The van der Waals surface area contributed by atoms with Gasteiger partial charge in [-0.3, -0.25) is 0 Å². The van der Waals surface area contributed by atoms with Gasteiger partial charge in [0.1, 0.15) is 11.6 Å². The molecule has 1 heterocycles. The van der Waals surface area contributed by atoms with Gasteiger partial charge in [-0.2, -0.15) is 13.2 Å². The van der Waals surface area contributed by atoms with Crippen LogP contribution in [0, 0.1) is 5.82 Å². The topological polar surface area (TPSA) is 25.2 Å². The highest BCUT2D eigenvalue weighted by molar-refractivity contribution is 5.27. The van der Waals surface area contributed by atoms with Gasteiger partial charge < -0.3 is 9.73 Å². The molecule has 1 N–H and O–H groups in total. The number of benzene rings is 1. The lowest BCUT2D eigenvalue weighted by molar-refractivity contribution is -0.140. The fourth-order valence-corrected chi connectivity index (χ4v) is 1.80. The summed E-state index contributed by atoms with van der Waals surface area (Å²) in [6.45, 7) is 0.802. The Hall–Kier alpha value is -1.82. The number of alkyl halides is 3. The van der Waals surface area contributed by atoms with Gasteiger partial charge >= 0.3 is 6.18 Å². The lowest BCUT2D eigenvalue weighted by Gasteiger charge is -2.10. The summed E-state index contributed by atoms with van der Waals surface area (Å²) in [4.78, 5) is 0. The van der Waals surface area contributed by atoms with E-state index in [4.69, 9.17) is 4.42 Å². The normalized spacial score (nSPS) is 11.8. The third-order valence-corrected chi connectivity index (χ3v) is 2.79. The van der Waals surface area contributed by atoms with Gasteiger partial charge in [0, 0.05) is 19.5 Å². The van der Waals surface area contributed by atoms with Crippen molar-refractivity contribution in [2.24, 2.45) is 0 Å². The van der Waals surface area contributed by atoms with Crippen LogP contribution < -0.4 is 5.32 Å². The van der Waals surface area contributed by atoms with Gasteiger partial charge in [0.2, 0.25) is 0 Å². The van der Waals surface area contributed by atoms with Crippen molar-refractivity contribution in [3.05, 3.63) is 59.3 Å². The van der Waals surface area contributed by atoms with Crippen LogP contribution in [-0.4, -0.2) is 6.54 Å². The first kappa shape index (κ1) is 14.6. The zero-order chi connectivity index (χ0) is 14.6. The second kappa shape index (κ2) is 6.09. The van der Waals surface area contributed by atoms with Crippen LogP contribution >= 0.6 is 0 Å². The summed E-state index contributed by atoms with van der Waals surface area (Å²) in [7, 11) is 0. The fourth-order valence-electron chi connectivity index (χ4n) is 1.80. The van der Waals surface area contributed by atoms with E-state index >= 15 is 0 Å². The van der Waals surface area contributed by atoms with Crippen molar-refractivity contribution < 1.29 is 22.0 Å². The number of hydrogen-bond acceptors (Lipinski definition) is 2. The third kappa shape index (κ3) is 3.84.